The average molecular weight is 740 g/mol. The van der Waals surface area contributed by atoms with Gasteiger partial charge in [0.1, 0.15) is 23.4 Å². The molecule has 2 aromatic heterocycles. The van der Waals surface area contributed by atoms with Crippen molar-refractivity contribution in [3.05, 3.63) is 83.0 Å². The van der Waals surface area contributed by atoms with E-state index in [4.69, 9.17) is 16.6 Å². The van der Waals surface area contributed by atoms with Crippen LogP contribution in [-0.4, -0.2) is 95.2 Å². The number of rotatable bonds is 12. The summed E-state index contributed by atoms with van der Waals surface area (Å²) in [6.07, 6.45) is 8.10. The maximum absolute atomic E-state index is 13.1. The Morgan fingerprint density at radius 2 is 1.74 bits per heavy atom. The van der Waals surface area contributed by atoms with E-state index in [1.165, 1.54) is 11.8 Å². The first-order valence-electron chi connectivity index (χ1n) is 18.8. The number of hydrogen-bond acceptors (Lipinski definition) is 11. The van der Waals surface area contributed by atoms with Gasteiger partial charge >= 0.3 is 0 Å². The van der Waals surface area contributed by atoms with E-state index in [9.17, 15) is 18.8 Å². The molecule has 0 radical (unpaired) electrons. The quantitative estimate of drug-likeness (QED) is 0.105. The summed E-state index contributed by atoms with van der Waals surface area (Å²) in [7, 11) is 3.99. The van der Waals surface area contributed by atoms with Crippen LogP contribution in [0.1, 0.15) is 73.0 Å². The molecule has 2 saturated carbocycles. The van der Waals surface area contributed by atoms with Gasteiger partial charge in [0, 0.05) is 68.9 Å². The third-order valence-electron chi connectivity index (χ3n) is 10.6. The number of carbonyl (C=O) groups is 3. The summed E-state index contributed by atoms with van der Waals surface area (Å²) in [5.74, 6) is -0.419. The van der Waals surface area contributed by atoms with Gasteiger partial charge in [-0.25, -0.2) is 9.37 Å². The third kappa shape index (κ3) is 8.11. The summed E-state index contributed by atoms with van der Waals surface area (Å²) in [5.41, 5.74) is 19.3. The highest BCUT2D eigenvalue weighted by molar-refractivity contribution is 5.96. The highest BCUT2D eigenvalue weighted by Gasteiger charge is 2.38. The fourth-order valence-electron chi connectivity index (χ4n) is 7.30. The predicted molar refractivity (Wildman–Crippen MR) is 205 cm³/mol. The van der Waals surface area contributed by atoms with E-state index in [0.717, 1.165) is 79.7 Å². The van der Waals surface area contributed by atoms with Gasteiger partial charge in [0.15, 0.2) is 6.29 Å². The summed E-state index contributed by atoms with van der Waals surface area (Å²) in [4.78, 5) is 47.6. The van der Waals surface area contributed by atoms with E-state index >= 15 is 0 Å². The highest BCUT2D eigenvalue weighted by Crippen LogP contribution is 2.49. The van der Waals surface area contributed by atoms with Gasteiger partial charge in [0.2, 0.25) is 5.91 Å². The molecule has 1 atom stereocenters. The second-order valence-electron chi connectivity index (χ2n) is 15.0. The third-order valence-corrected chi connectivity index (χ3v) is 10.6. The van der Waals surface area contributed by atoms with Gasteiger partial charge in [-0.15, -0.1) is 0 Å². The molecule has 1 unspecified atom stereocenters. The second-order valence-corrected chi connectivity index (χ2v) is 15.0. The van der Waals surface area contributed by atoms with Crippen LogP contribution < -0.4 is 32.3 Å². The van der Waals surface area contributed by atoms with E-state index in [1.54, 1.807) is 6.07 Å². The topological polar surface area (TPSA) is 180 Å². The fraction of sp³-hybridized carbons (Fsp3) is 0.462. The lowest BCUT2D eigenvalue weighted by molar-refractivity contribution is -0.121. The summed E-state index contributed by atoms with van der Waals surface area (Å²) in [6, 6.07) is 11.9. The summed E-state index contributed by atoms with van der Waals surface area (Å²) >= 11 is 0. The minimum absolute atomic E-state index is 0.00948. The molecule has 0 spiro atoms. The Hall–Kier alpha value is -5.28. The number of hydrogen-bond donors (Lipinski definition) is 5. The summed E-state index contributed by atoms with van der Waals surface area (Å²) in [5, 5.41) is 14.0. The number of likely N-dealkylation sites (tertiary alicyclic amines) is 2. The summed E-state index contributed by atoms with van der Waals surface area (Å²) in [6.45, 7) is 5.78. The number of aromatic nitrogens is 3. The molecule has 4 fully saturated rings. The van der Waals surface area contributed by atoms with Crippen LogP contribution in [0.25, 0.3) is 11.1 Å². The molecule has 3 aliphatic heterocycles. The molecule has 1 aromatic carbocycles. The molecule has 3 aromatic rings. The Labute approximate surface area is 314 Å². The van der Waals surface area contributed by atoms with E-state index in [0.29, 0.717) is 31.0 Å². The molecule has 0 bridgehead atoms. The van der Waals surface area contributed by atoms with Gasteiger partial charge in [-0.1, -0.05) is 25.1 Å². The van der Waals surface area contributed by atoms with E-state index in [-0.39, 0.29) is 47.4 Å². The molecule has 286 valence electrons. The number of alkyl halides is 1. The van der Waals surface area contributed by atoms with Crippen LogP contribution in [0.15, 0.2) is 65.9 Å². The molecule has 14 nitrogen and oxygen atoms in total. The van der Waals surface area contributed by atoms with Crippen molar-refractivity contribution in [3.63, 3.8) is 0 Å². The van der Waals surface area contributed by atoms with Crippen molar-refractivity contribution >= 4 is 29.5 Å². The zero-order valence-electron chi connectivity index (χ0n) is 31.1. The van der Waals surface area contributed by atoms with Crippen LogP contribution in [0.5, 0.6) is 0 Å². The van der Waals surface area contributed by atoms with Crippen molar-refractivity contribution in [2.24, 2.45) is 17.4 Å². The van der Waals surface area contributed by atoms with Crippen molar-refractivity contribution in [3.8, 4) is 11.1 Å². The van der Waals surface area contributed by atoms with Crippen LogP contribution in [0.2, 0.25) is 0 Å². The van der Waals surface area contributed by atoms with Crippen LogP contribution in [0, 0.1) is 5.92 Å². The number of carbonyl (C=O) groups excluding carboxylic acids is 3. The number of pyridine rings is 1. The predicted octanol–water partition coefficient (Wildman–Crippen LogP) is 3.17. The fourth-order valence-corrected chi connectivity index (χ4v) is 7.30. The number of benzene rings is 1. The Balaban J connectivity index is 0.000000684. The Morgan fingerprint density at radius 3 is 2.37 bits per heavy atom. The van der Waals surface area contributed by atoms with Gasteiger partial charge in [-0.05, 0) is 57.4 Å². The molecule has 2 saturated heterocycles. The zero-order valence-corrected chi connectivity index (χ0v) is 31.1. The standard InChI is InChI=1S/C35H42N10O3.C4H8FN/c1-3-29-33-26(15-38-45(33)24-17-44(18-24)16-22-6-4-7-23(19-46)39-22)25-8-5-9-27(32(25)43(29)2)41-28(31(37)35(48)40-21-12-13-21)14-30(36)42-34(47)20-10-11-20;1-6-2-4(5)3-6/h4-9,14-15,19-21,24,29,41H,3,10-13,16-18,36-37H2,1-2H3,(H,40,48)(H,42,47);4H,2-3H2,1H3/b30-14+,31-28+;. The summed E-state index contributed by atoms with van der Waals surface area (Å²) < 4.78 is 13.9. The van der Waals surface area contributed by atoms with E-state index in [2.05, 4.69) is 55.5 Å². The van der Waals surface area contributed by atoms with Crippen LogP contribution in [0.3, 0.4) is 0 Å². The number of nitrogens with two attached hydrogens (primary N) is 2. The minimum atomic E-state index is -0.532. The van der Waals surface area contributed by atoms with Crippen molar-refractivity contribution in [2.45, 2.75) is 69.9 Å². The largest absolute Gasteiger partial charge is 0.393 e. The number of nitrogens with zero attached hydrogens (tertiary/aromatic N) is 6. The van der Waals surface area contributed by atoms with Crippen molar-refractivity contribution in [1.82, 2.24) is 35.2 Å². The lowest BCUT2D eigenvalue weighted by Gasteiger charge is -2.43. The Kier molecular flexibility index (Phi) is 10.7. The van der Waals surface area contributed by atoms with Crippen molar-refractivity contribution in [2.75, 3.05) is 50.5 Å². The lowest BCUT2D eigenvalue weighted by Crippen LogP contribution is -2.48. The number of para-hydroxylation sites is 1. The highest BCUT2D eigenvalue weighted by atomic mass is 19.1. The second kappa shape index (κ2) is 15.6. The molecular weight excluding hydrogens is 690 g/mol. The number of fused-ring (bicyclic) bond motifs is 3. The molecular formula is C39H50FN11O3. The normalized spacial score (nSPS) is 20.6. The molecule has 2 aliphatic carbocycles. The number of anilines is 2. The molecule has 54 heavy (non-hydrogen) atoms. The lowest BCUT2D eigenvalue weighted by atomic mass is 9.91. The first-order chi connectivity index (χ1) is 26.0. The van der Waals surface area contributed by atoms with Gasteiger partial charge in [0.05, 0.1) is 46.7 Å². The molecule has 8 rings (SSSR count). The van der Waals surface area contributed by atoms with Crippen molar-refractivity contribution < 1.29 is 18.8 Å². The first-order valence-corrected chi connectivity index (χ1v) is 18.8. The maximum atomic E-state index is 13.1. The molecule has 2 amide bonds. The smallest absolute Gasteiger partial charge is 0.269 e. The Morgan fingerprint density at radius 1 is 1.00 bits per heavy atom. The van der Waals surface area contributed by atoms with Crippen LogP contribution in [0.4, 0.5) is 15.8 Å². The SMILES string of the molecule is CCC1c2c(cnn2C2CN(Cc3cccc(C=O)n3)C2)-c2cccc(NC(/C=C(\N)NC(=O)C3CC3)=C(/N)C(=O)NC3CC3)c2N1C.CN1CC(F)C1. The van der Waals surface area contributed by atoms with Gasteiger partial charge in [-0.2, -0.15) is 5.10 Å². The molecule has 15 heteroatoms. The van der Waals surface area contributed by atoms with Crippen molar-refractivity contribution in [1.29, 1.82) is 0 Å². The minimum Gasteiger partial charge on any atom is -0.393 e. The monoisotopic (exact) mass is 739 g/mol. The number of nitrogens with one attached hydrogen (secondary N) is 3. The maximum Gasteiger partial charge on any atom is 0.269 e. The molecule has 5 heterocycles. The van der Waals surface area contributed by atoms with Gasteiger partial charge < -0.3 is 37.2 Å². The number of halogens is 1. The molecule has 5 aliphatic rings. The van der Waals surface area contributed by atoms with Gasteiger partial charge in [0.25, 0.3) is 5.91 Å². The molecule has 7 N–H and O–H groups in total. The zero-order chi connectivity index (χ0) is 38.1. The first kappa shape index (κ1) is 37.1. The average Bonchev–Trinajstić information content (AvgIpc) is 4.08. The Bertz CT molecular complexity index is 1950. The number of aldehydes is 1. The van der Waals surface area contributed by atoms with Crippen LogP contribution >= 0.6 is 0 Å². The van der Waals surface area contributed by atoms with E-state index < -0.39 is 6.17 Å². The van der Waals surface area contributed by atoms with Gasteiger partial charge in [-0.3, -0.25) is 24.0 Å². The van der Waals surface area contributed by atoms with E-state index in [1.807, 2.05) is 42.4 Å². The number of allylic oxidation sites excluding steroid dienone is 1. The number of amides is 2. The van der Waals surface area contributed by atoms with Crippen LogP contribution in [-0.2, 0) is 16.1 Å².